The second-order valence-corrected chi connectivity index (χ2v) is 3.65. The molecule has 0 aliphatic carbocycles. The molecule has 0 amide bonds. The lowest BCUT2D eigenvalue weighted by atomic mass is 10.2. The van der Waals surface area contributed by atoms with Gasteiger partial charge >= 0.3 is 0 Å². The maximum atomic E-state index is 8.65. The number of hydrogen-bond donors (Lipinski definition) is 2. The Bertz CT molecular complexity index is 70.6. The van der Waals surface area contributed by atoms with Crippen molar-refractivity contribution in [1.82, 2.24) is 0 Å². The minimum absolute atomic E-state index is 0.301. The van der Waals surface area contributed by atoms with Crippen molar-refractivity contribution >= 4 is 11.8 Å². The second-order valence-electron chi connectivity index (χ2n) is 2.50. The molecule has 0 heterocycles. The molecule has 1 unspecified atom stereocenters. The monoisotopic (exact) mass is 163 g/mol. The molecule has 1 atom stereocenters. The second kappa shape index (κ2) is 7.38. The highest BCUT2D eigenvalue weighted by Gasteiger charge is 1.97. The van der Waals surface area contributed by atoms with Crippen molar-refractivity contribution < 1.29 is 5.11 Å². The number of aliphatic hydroxyl groups is 1. The highest BCUT2D eigenvalue weighted by Crippen LogP contribution is 2.07. The van der Waals surface area contributed by atoms with Gasteiger partial charge in [0.1, 0.15) is 0 Å². The summed E-state index contributed by atoms with van der Waals surface area (Å²) in [5.74, 6) is 2.61. The topological polar surface area (TPSA) is 46.2 Å². The normalized spacial score (nSPS) is 13.5. The van der Waals surface area contributed by atoms with Crippen LogP contribution in [0, 0.1) is 5.92 Å². The first kappa shape index (κ1) is 10.3. The van der Waals surface area contributed by atoms with Gasteiger partial charge in [-0.05, 0) is 30.4 Å². The summed E-state index contributed by atoms with van der Waals surface area (Å²) in [6.07, 6.45) is 1.09. The molecule has 0 rings (SSSR count). The maximum Gasteiger partial charge on any atom is 0.0464 e. The molecule has 62 valence electrons. The smallest absolute Gasteiger partial charge is 0.0464 e. The molecule has 0 aliphatic heterocycles. The van der Waals surface area contributed by atoms with Crippen LogP contribution in [0.2, 0.25) is 0 Å². The van der Waals surface area contributed by atoms with E-state index in [1.165, 1.54) is 0 Å². The third kappa shape index (κ3) is 6.39. The molecular weight excluding hydrogens is 146 g/mol. The van der Waals surface area contributed by atoms with Crippen LogP contribution in [-0.4, -0.2) is 29.8 Å². The Kier molecular flexibility index (Phi) is 7.58. The fourth-order valence-corrected chi connectivity index (χ4v) is 1.57. The van der Waals surface area contributed by atoms with E-state index in [9.17, 15) is 0 Å². The average Bonchev–Trinajstić information content (AvgIpc) is 1.98. The number of hydrogen-bond acceptors (Lipinski definition) is 3. The molecule has 0 saturated heterocycles. The molecule has 0 bridgehead atoms. The van der Waals surface area contributed by atoms with Gasteiger partial charge in [-0.2, -0.15) is 11.8 Å². The Morgan fingerprint density at radius 1 is 1.60 bits per heavy atom. The van der Waals surface area contributed by atoms with Gasteiger partial charge in [-0.25, -0.2) is 0 Å². The zero-order chi connectivity index (χ0) is 7.82. The molecule has 0 aromatic carbocycles. The Hall–Kier alpha value is 0.270. The van der Waals surface area contributed by atoms with Gasteiger partial charge in [0.15, 0.2) is 0 Å². The molecule has 2 nitrogen and oxygen atoms in total. The standard InChI is InChI=1S/C7H17NOS/c1-7(5-9)6-10-4-2-3-8/h7,9H,2-6,8H2,1H3. The highest BCUT2D eigenvalue weighted by atomic mass is 32.2. The van der Waals surface area contributed by atoms with E-state index in [0.717, 1.165) is 24.5 Å². The van der Waals surface area contributed by atoms with Crippen LogP contribution < -0.4 is 5.73 Å². The van der Waals surface area contributed by atoms with Crippen LogP contribution in [0.15, 0.2) is 0 Å². The first-order chi connectivity index (χ1) is 4.81. The van der Waals surface area contributed by atoms with E-state index in [0.29, 0.717) is 12.5 Å². The van der Waals surface area contributed by atoms with Crippen LogP contribution in [-0.2, 0) is 0 Å². The van der Waals surface area contributed by atoms with Crippen molar-refractivity contribution in [2.45, 2.75) is 13.3 Å². The summed E-state index contributed by atoms with van der Waals surface area (Å²) in [7, 11) is 0. The van der Waals surface area contributed by atoms with Crippen LogP contribution in [0.5, 0.6) is 0 Å². The Morgan fingerprint density at radius 3 is 2.80 bits per heavy atom. The van der Waals surface area contributed by atoms with Crippen LogP contribution in [0.1, 0.15) is 13.3 Å². The van der Waals surface area contributed by atoms with E-state index >= 15 is 0 Å². The van der Waals surface area contributed by atoms with Crippen LogP contribution in [0.4, 0.5) is 0 Å². The van der Waals surface area contributed by atoms with Crippen molar-refractivity contribution in [3.8, 4) is 0 Å². The third-order valence-electron chi connectivity index (χ3n) is 1.21. The fraction of sp³-hybridized carbons (Fsp3) is 1.00. The zero-order valence-electron chi connectivity index (χ0n) is 6.55. The fourth-order valence-electron chi connectivity index (χ4n) is 0.523. The minimum atomic E-state index is 0.301. The van der Waals surface area contributed by atoms with E-state index < -0.39 is 0 Å². The molecule has 0 fully saturated rings. The summed E-state index contributed by atoms with van der Waals surface area (Å²) in [6, 6.07) is 0. The van der Waals surface area contributed by atoms with Gasteiger partial charge in [0, 0.05) is 6.61 Å². The molecule has 10 heavy (non-hydrogen) atoms. The average molecular weight is 163 g/mol. The molecule has 0 radical (unpaired) electrons. The molecule has 0 saturated carbocycles. The SMILES string of the molecule is CC(CO)CSCCCN. The summed E-state index contributed by atoms with van der Waals surface area (Å²) in [6.45, 7) is 3.13. The summed E-state index contributed by atoms with van der Waals surface area (Å²) in [5, 5.41) is 8.65. The molecule has 3 heteroatoms. The van der Waals surface area contributed by atoms with Gasteiger partial charge in [-0.3, -0.25) is 0 Å². The number of rotatable bonds is 6. The molecule has 3 N–H and O–H groups in total. The van der Waals surface area contributed by atoms with E-state index in [1.807, 2.05) is 11.8 Å². The molecular formula is C7H17NOS. The zero-order valence-corrected chi connectivity index (χ0v) is 7.36. The van der Waals surface area contributed by atoms with Crippen LogP contribution in [0.3, 0.4) is 0 Å². The number of nitrogens with two attached hydrogens (primary N) is 1. The Morgan fingerprint density at radius 2 is 2.30 bits per heavy atom. The maximum absolute atomic E-state index is 8.65. The summed E-state index contributed by atoms with van der Waals surface area (Å²) in [4.78, 5) is 0. The van der Waals surface area contributed by atoms with E-state index in [2.05, 4.69) is 6.92 Å². The number of aliphatic hydroxyl groups excluding tert-OH is 1. The van der Waals surface area contributed by atoms with Crippen molar-refractivity contribution in [2.24, 2.45) is 11.7 Å². The first-order valence-corrected chi connectivity index (χ1v) is 4.85. The predicted octanol–water partition coefficient (Wildman–Crippen LogP) is 0.697. The van der Waals surface area contributed by atoms with Crippen molar-refractivity contribution in [3.63, 3.8) is 0 Å². The van der Waals surface area contributed by atoms with E-state index in [1.54, 1.807) is 0 Å². The lowest BCUT2D eigenvalue weighted by Crippen LogP contribution is -2.05. The van der Waals surface area contributed by atoms with Gasteiger partial charge in [0.05, 0.1) is 0 Å². The predicted molar refractivity (Wildman–Crippen MR) is 47.2 cm³/mol. The largest absolute Gasteiger partial charge is 0.396 e. The summed E-state index contributed by atoms with van der Waals surface area (Å²) >= 11 is 1.87. The first-order valence-electron chi connectivity index (χ1n) is 3.70. The van der Waals surface area contributed by atoms with Crippen molar-refractivity contribution in [3.05, 3.63) is 0 Å². The lowest BCUT2D eigenvalue weighted by Gasteiger charge is -2.05. The van der Waals surface area contributed by atoms with Gasteiger partial charge in [0.25, 0.3) is 0 Å². The van der Waals surface area contributed by atoms with Crippen LogP contribution in [0.25, 0.3) is 0 Å². The molecule has 0 aromatic heterocycles. The highest BCUT2D eigenvalue weighted by molar-refractivity contribution is 7.99. The molecule has 0 spiro atoms. The van der Waals surface area contributed by atoms with Crippen LogP contribution >= 0.6 is 11.8 Å². The van der Waals surface area contributed by atoms with Gasteiger partial charge < -0.3 is 10.8 Å². The van der Waals surface area contributed by atoms with E-state index in [-0.39, 0.29) is 0 Å². The Labute approximate surface area is 67.2 Å². The number of thioether (sulfide) groups is 1. The Balaban J connectivity index is 2.89. The van der Waals surface area contributed by atoms with Crippen molar-refractivity contribution in [2.75, 3.05) is 24.7 Å². The molecule has 0 aliphatic rings. The van der Waals surface area contributed by atoms with E-state index in [4.69, 9.17) is 10.8 Å². The van der Waals surface area contributed by atoms with Gasteiger partial charge in [-0.15, -0.1) is 0 Å². The minimum Gasteiger partial charge on any atom is -0.396 e. The summed E-state index contributed by atoms with van der Waals surface area (Å²) in [5.41, 5.74) is 5.32. The third-order valence-corrected chi connectivity index (χ3v) is 2.59. The lowest BCUT2D eigenvalue weighted by molar-refractivity contribution is 0.250. The van der Waals surface area contributed by atoms with Gasteiger partial charge in [-0.1, -0.05) is 6.92 Å². The molecule has 0 aromatic rings. The van der Waals surface area contributed by atoms with Gasteiger partial charge in [0.2, 0.25) is 0 Å². The van der Waals surface area contributed by atoms with Crippen molar-refractivity contribution in [1.29, 1.82) is 0 Å². The summed E-state index contributed by atoms with van der Waals surface area (Å²) < 4.78 is 0. The quantitative estimate of drug-likeness (QED) is 0.567.